The second-order valence-electron chi connectivity index (χ2n) is 6.29. The Labute approximate surface area is 138 Å². The van der Waals surface area contributed by atoms with Gasteiger partial charge in [0.05, 0.1) is 4.92 Å². The molecule has 1 unspecified atom stereocenters. The molecule has 1 rings (SSSR count). The number of aliphatic carboxylic acids is 1. The van der Waals surface area contributed by atoms with Crippen molar-refractivity contribution >= 4 is 17.7 Å². The first-order valence-corrected chi connectivity index (χ1v) is 7.10. The van der Waals surface area contributed by atoms with Gasteiger partial charge in [0.25, 0.3) is 0 Å². The van der Waals surface area contributed by atoms with E-state index in [1.165, 1.54) is 12.1 Å². The van der Waals surface area contributed by atoms with E-state index in [1.54, 1.807) is 27.7 Å². The number of hydrogen-bond donors (Lipinski definition) is 3. The first kappa shape index (κ1) is 19.2. The molecule has 1 atom stereocenters. The molecule has 3 N–H and O–H groups in total. The summed E-state index contributed by atoms with van der Waals surface area (Å²) in [5, 5.41) is 32.3. The highest BCUT2D eigenvalue weighted by molar-refractivity contribution is 5.80. The molecule has 0 aliphatic carbocycles. The summed E-state index contributed by atoms with van der Waals surface area (Å²) in [5.41, 5.74) is -0.801. The fraction of sp³-hybridized carbons (Fsp3) is 0.467. The van der Waals surface area contributed by atoms with Gasteiger partial charge in [0, 0.05) is 18.1 Å². The summed E-state index contributed by atoms with van der Waals surface area (Å²) in [6.45, 7) is 6.45. The van der Waals surface area contributed by atoms with Gasteiger partial charge in [-0.05, 0) is 33.3 Å². The van der Waals surface area contributed by atoms with Crippen LogP contribution in [0, 0.1) is 17.0 Å². The SMILES string of the molecule is Cc1cc(CC(NC(=O)OC(C)(C)C)C(=O)O)c(O)c([N+](=O)[O-])c1. The summed E-state index contributed by atoms with van der Waals surface area (Å²) in [6, 6.07) is 1.19. The summed E-state index contributed by atoms with van der Waals surface area (Å²) in [5.74, 6) is -1.98. The maximum atomic E-state index is 11.7. The number of carboxylic acid groups (broad SMARTS) is 1. The van der Waals surface area contributed by atoms with Gasteiger partial charge in [-0.3, -0.25) is 10.1 Å². The molecule has 9 nitrogen and oxygen atoms in total. The molecule has 0 saturated carbocycles. The zero-order valence-electron chi connectivity index (χ0n) is 13.8. The minimum Gasteiger partial charge on any atom is -0.502 e. The number of amides is 1. The number of rotatable bonds is 5. The molecule has 1 aromatic carbocycles. The molecule has 24 heavy (non-hydrogen) atoms. The Hall–Kier alpha value is -2.84. The standard InChI is InChI=1S/C15H20N2O7/c1-8-5-9(12(18)11(6-8)17(22)23)7-10(13(19)20)16-14(21)24-15(2,3)4/h5-6,10,18H,7H2,1-4H3,(H,16,21)(H,19,20). The van der Waals surface area contributed by atoms with Gasteiger partial charge in [-0.1, -0.05) is 6.07 Å². The van der Waals surface area contributed by atoms with Crippen molar-refractivity contribution in [1.82, 2.24) is 5.32 Å². The third-order valence-electron chi connectivity index (χ3n) is 2.92. The number of carbonyl (C=O) groups excluding carboxylic acids is 1. The summed E-state index contributed by atoms with van der Waals surface area (Å²) < 4.78 is 4.99. The molecule has 0 saturated heterocycles. The number of carboxylic acids is 1. The lowest BCUT2D eigenvalue weighted by Gasteiger charge is -2.22. The number of phenolic OH excluding ortho intramolecular Hbond substituents is 1. The van der Waals surface area contributed by atoms with Crippen molar-refractivity contribution < 1.29 is 29.5 Å². The Morgan fingerprint density at radius 3 is 2.42 bits per heavy atom. The van der Waals surface area contributed by atoms with Gasteiger partial charge >= 0.3 is 17.7 Å². The van der Waals surface area contributed by atoms with E-state index in [0.717, 1.165) is 0 Å². The number of nitro groups is 1. The number of hydrogen-bond acceptors (Lipinski definition) is 6. The van der Waals surface area contributed by atoms with Gasteiger partial charge in [-0.2, -0.15) is 0 Å². The first-order valence-electron chi connectivity index (χ1n) is 7.10. The van der Waals surface area contributed by atoms with E-state index >= 15 is 0 Å². The van der Waals surface area contributed by atoms with Crippen LogP contribution in [0.25, 0.3) is 0 Å². The maximum Gasteiger partial charge on any atom is 0.408 e. The normalized spacial score (nSPS) is 12.3. The number of phenols is 1. The monoisotopic (exact) mass is 340 g/mol. The van der Waals surface area contributed by atoms with Crippen molar-refractivity contribution in [2.75, 3.05) is 0 Å². The Morgan fingerprint density at radius 2 is 1.96 bits per heavy atom. The lowest BCUT2D eigenvalue weighted by atomic mass is 10.0. The van der Waals surface area contributed by atoms with E-state index in [0.29, 0.717) is 5.56 Å². The number of aryl methyl sites for hydroxylation is 1. The Balaban J connectivity index is 3.04. The zero-order valence-corrected chi connectivity index (χ0v) is 13.8. The number of nitrogens with zero attached hydrogens (tertiary/aromatic N) is 1. The van der Waals surface area contributed by atoms with Gasteiger partial charge in [-0.25, -0.2) is 9.59 Å². The molecule has 1 aromatic rings. The smallest absolute Gasteiger partial charge is 0.408 e. The number of aromatic hydroxyl groups is 1. The minimum atomic E-state index is -1.41. The van der Waals surface area contributed by atoms with Crippen molar-refractivity contribution in [2.45, 2.75) is 45.8 Å². The van der Waals surface area contributed by atoms with Crippen LogP contribution in [-0.4, -0.2) is 38.8 Å². The van der Waals surface area contributed by atoms with Crippen LogP contribution in [0.3, 0.4) is 0 Å². The number of nitrogens with one attached hydrogen (secondary N) is 1. The molecule has 1 amide bonds. The molecule has 0 fully saturated rings. The van der Waals surface area contributed by atoms with Crippen LogP contribution in [-0.2, 0) is 16.0 Å². The van der Waals surface area contributed by atoms with Gasteiger partial charge in [-0.15, -0.1) is 0 Å². The third kappa shape index (κ3) is 5.41. The summed E-state index contributed by atoms with van der Waals surface area (Å²) in [6.07, 6.45) is -1.26. The molecule has 0 aliphatic rings. The number of alkyl carbamates (subject to hydrolysis) is 1. The van der Waals surface area contributed by atoms with Crippen molar-refractivity contribution in [3.63, 3.8) is 0 Å². The number of ether oxygens (including phenoxy) is 1. The fourth-order valence-electron chi connectivity index (χ4n) is 2.00. The largest absolute Gasteiger partial charge is 0.502 e. The summed E-state index contributed by atoms with van der Waals surface area (Å²) in [4.78, 5) is 33.2. The van der Waals surface area contributed by atoms with E-state index in [4.69, 9.17) is 4.74 Å². The minimum absolute atomic E-state index is 0.0464. The lowest BCUT2D eigenvalue weighted by molar-refractivity contribution is -0.386. The van der Waals surface area contributed by atoms with Crippen LogP contribution in [0.5, 0.6) is 5.75 Å². The van der Waals surface area contributed by atoms with Crippen molar-refractivity contribution in [3.05, 3.63) is 33.4 Å². The van der Waals surface area contributed by atoms with E-state index < -0.39 is 40.1 Å². The number of nitro benzene ring substituents is 1. The highest BCUT2D eigenvalue weighted by atomic mass is 16.6. The van der Waals surface area contributed by atoms with Gasteiger partial charge in [0.1, 0.15) is 11.6 Å². The number of benzene rings is 1. The van der Waals surface area contributed by atoms with E-state index in [9.17, 15) is 29.9 Å². The van der Waals surface area contributed by atoms with Crippen LogP contribution in [0.1, 0.15) is 31.9 Å². The highest BCUT2D eigenvalue weighted by Crippen LogP contribution is 2.32. The average Bonchev–Trinajstić information content (AvgIpc) is 2.38. The lowest BCUT2D eigenvalue weighted by Crippen LogP contribution is -2.44. The predicted molar refractivity (Wildman–Crippen MR) is 84.0 cm³/mol. The molecule has 0 heterocycles. The van der Waals surface area contributed by atoms with Crippen molar-refractivity contribution in [1.29, 1.82) is 0 Å². The Bertz CT molecular complexity index is 665. The second-order valence-corrected chi connectivity index (χ2v) is 6.29. The van der Waals surface area contributed by atoms with E-state index in [-0.39, 0.29) is 12.0 Å². The van der Waals surface area contributed by atoms with Crippen LogP contribution in [0.2, 0.25) is 0 Å². The summed E-state index contributed by atoms with van der Waals surface area (Å²) in [7, 11) is 0. The molecule has 0 radical (unpaired) electrons. The molecule has 0 spiro atoms. The molecule has 0 aliphatic heterocycles. The van der Waals surface area contributed by atoms with Crippen LogP contribution in [0.15, 0.2) is 12.1 Å². The van der Waals surface area contributed by atoms with Crippen LogP contribution in [0.4, 0.5) is 10.5 Å². The third-order valence-corrected chi connectivity index (χ3v) is 2.92. The Morgan fingerprint density at radius 1 is 1.38 bits per heavy atom. The molecule has 9 heteroatoms. The van der Waals surface area contributed by atoms with Crippen LogP contribution >= 0.6 is 0 Å². The number of carbonyl (C=O) groups is 2. The highest BCUT2D eigenvalue weighted by Gasteiger charge is 2.27. The molecule has 0 bridgehead atoms. The molecular formula is C15H20N2O7. The second kappa shape index (κ2) is 7.16. The molecule has 0 aromatic heterocycles. The molecule has 132 valence electrons. The Kier molecular flexibility index (Phi) is 5.73. The van der Waals surface area contributed by atoms with E-state index in [2.05, 4.69) is 5.32 Å². The zero-order chi connectivity index (χ0) is 18.7. The molecular weight excluding hydrogens is 320 g/mol. The van der Waals surface area contributed by atoms with Crippen molar-refractivity contribution in [3.8, 4) is 5.75 Å². The van der Waals surface area contributed by atoms with E-state index in [1.807, 2.05) is 0 Å². The average molecular weight is 340 g/mol. The van der Waals surface area contributed by atoms with Gasteiger partial charge in [0.2, 0.25) is 0 Å². The predicted octanol–water partition coefficient (Wildman–Crippen LogP) is 2.13. The quantitative estimate of drug-likeness (QED) is 0.551. The fourth-order valence-corrected chi connectivity index (χ4v) is 2.00. The van der Waals surface area contributed by atoms with Gasteiger partial charge in [0.15, 0.2) is 5.75 Å². The van der Waals surface area contributed by atoms with Crippen molar-refractivity contribution in [2.24, 2.45) is 0 Å². The van der Waals surface area contributed by atoms with Crippen LogP contribution < -0.4 is 5.32 Å². The topological polar surface area (TPSA) is 139 Å². The summed E-state index contributed by atoms with van der Waals surface area (Å²) >= 11 is 0. The first-order chi connectivity index (χ1) is 10.9. The van der Waals surface area contributed by atoms with Gasteiger partial charge < -0.3 is 20.3 Å². The maximum absolute atomic E-state index is 11.7.